The number of aryl methyl sites for hydroxylation is 1. The second-order valence-electron chi connectivity index (χ2n) is 4.39. The van der Waals surface area contributed by atoms with E-state index < -0.39 is 0 Å². The minimum absolute atomic E-state index is 0.141. The topological polar surface area (TPSA) is 46.4 Å². The summed E-state index contributed by atoms with van der Waals surface area (Å²) >= 11 is 1.51. The third-order valence-corrected chi connectivity index (χ3v) is 3.63. The van der Waals surface area contributed by atoms with Crippen molar-refractivity contribution in [2.24, 2.45) is 0 Å². The van der Waals surface area contributed by atoms with Crippen LogP contribution in [-0.2, 0) is 6.54 Å². The van der Waals surface area contributed by atoms with Crippen molar-refractivity contribution in [3.63, 3.8) is 0 Å². The van der Waals surface area contributed by atoms with Gasteiger partial charge in [0.05, 0.1) is 0 Å². The number of aromatic nitrogens is 2. The quantitative estimate of drug-likeness (QED) is 0.796. The monoisotopic (exact) mass is 271 g/mol. The average Bonchev–Trinajstić information content (AvgIpc) is 2.96. The maximum absolute atomic E-state index is 12.0. The van der Waals surface area contributed by atoms with E-state index in [1.165, 1.54) is 16.9 Å². The Kier molecular flexibility index (Phi) is 3.05. The van der Waals surface area contributed by atoms with Crippen molar-refractivity contribution in [1.82, 2.24) is 14.7 Å². The molecule has 5 heteroatoms. The molecule has 2 heterocycles. The number of hydrogen-bond acceptors (Lipinski definition) is 3. The molecule has 1 amide bonds. The first-order valence-corrected chi connectivity index (χ1v) is 6.86. The predicted molar refractivity (Wildman–Crippen MR) is 75.4 cm³/mol. The third kappa shape index (κ3) is 2.51. The Morgan fingerprint density at radius 3 is 3.16 bits per heavy atom. The summed E-state index contributed by atoms with van der Waals surface area (Å²) in [5.74, 6) is -0.141. The number of thiazole rings is 1. The van der Waals surface area contributed by atoms with E-state index in [4.69, 9.17) is 0 Å². The molecule has 0 aliphatic rings. The highest BCUT2D eigenvalue weighted by Gasteiger charge is 2.10. The van der Waals surface area contributed by atoms with Crippen LogP contribution in [0.25, 0.3) is 4.96 Å². The zero-order valence-corrected chi connectivity index (χ0v) is 11.3. The summed E-state index contributed by atoms with van der Waals surface area (Å²) in [4.78, 5) is 17.1. The van der Waals surface area contributed by atoms with E-state index in [2.05, 4.69) is 16.4 Å². The molecule has 3 rings (SSSR count). The Morgan fingerprint density at radius 2 is 2.37 bits per heavy atom. The lowest BCUT2D eigenvalue weighted by Gasteiger charge is -2.04. The van der Waals surface area contributed by atoms with Crippen molar-refractivity contribution in [3.05, 3.63) is 58.9 Å². The molecular formula is C14H13N3OS. The summed E-state index contributed by atoms with van der Waals surface area (Å²) in [7, 11) is 0. The van der Waals surface area contributed by atoms with Crippen LogP contribution in [0.2, 0.25) is 0 Å². The SMILES string of the molecule is Cc1cccc(CNC(=O)c2cn3ccsc3n2)c1. The van der Waals surface area contributed by atoms with Crippen LogP contribution in [0, 0.1) is 6.92 Å². The fraction of sp³-hybridized carbons (Fsp3) is 0.143. The predicted octanol–water partition coefficient (Wildman–Crippen LogP) is 2.63. The molecule has 0 radical (unpaired) electrons. The van der Waals surface area contributed by atoms with Gasteiger partial charge in [-0.15, -0.1) is 11.3 Å². The van der Waals surface area contributed by atoms with Crippen molar-refractivity contribution >= 4 is 22.2 Å². The molecule has 0 fully saturated rings. The maximum Gasteiger partial charge on any atom is 0.271 e. The van der Waals surface area contributed by atoms with E-state index in [0.717, 1.165) is 10.5 Å². The molecule has 0 saturated heterocycles. The van der Waals surface area contributed by atoms with Crippen LogP contribution in [-0.4, -0.2) is 15.3 Å². The van der Waals surface area contributed by atoms with Crippen LogP contribution in [0.1, 0.15) is 21.6 Å². The number of nitrogens with one attached hydrogen (secondary N) is 1. The molecule has 0 atom stereocenters. The number of hydrogen-bond donors (Lipinski definition) is 1. The van der Waals surface area contributed by atoms with Crippen molar-refractivity contribution in [1.29, 1.82) is 0 Å². The van der Waals surface area contributed by atoms with E-state index >= 15 is 0 Å². The van der Waals surface area contributed by atoms with E-state index in [9.17, 15) is 4.79 Å². The van der Waals surface area contributed by atoms with E-state index in [-0.39, 0.29) is 5.91 Å². The number of imidazole rings is 1. The molecule has 0 spiro atoms. The van der Waals surface area contributed by atoms with Crippen LogP contribution in [0.3, 0.4) is 0 Å². The fourth-order valence-corrected chi connectivity index (χ4v) is 2.63. The van der Waals surface area contributed by atoms with Gasteiger partial charge in [0, 0.05) is 24.3 Å². The molecule has 0 bridgehead atoms. The van der Waals surface area contributed by atoms with Crippen molar-refractivity contribution in [3.8, 4) is 0 Å². The fourth-order valence-electron chi connectivity index (χ4n) is 1.93. The molecule has 0 saturated carbocycles. The van der Waals surface area contributed by atoms with Crippen LogP contribution >= 0.6 is 11.3 Å². The Labute approximate surface area is 114 Å². The van der Waals surface area contributed by atoms with Gasteiger partial charge in [0.15, 0.2) is 4.96 Å². The first kappa shape index (κ1) is 11.9. The standard InChI is InChI=1S/C14H13N3OS/c1-10-3-2-4-11(7-10)8-15-13(18)12-9-17-5-6-19-14(17)16-12/h2-7,9H,8H2,1H3,(H,15,18). The van der Waals surface area contributed by atoms with Gasteiger partial charge in [-0.3, -0.25) is 9.20 Å². The summed E-state index contributed by atoms with van der Waals surface area (Å²) in [6.45, 7) is 2.56. The second-order valence-corrected chi connectivity index (χ2v) is 5.26. The molecule has 19 heavy (non-hydrogen) atoms. The van der Waals surface area contributed by atoms with Crippen molar-refractivity contribution in [2.45, 2.75) is 13.5 Å². The minimum atomic E-state index is -0.141. The summed E-state index contributed by atoms with van der Waals surface area (Å²) < 4.78 is 1.85. The maximum atomic E-state index is 12.0. The minimum Gasteiger partial charge on any atom is -0.347 e. The molecule has 96 valence electrons. The first-order chi connectivity index (χ1) is 9.22. The Balaban J connectivity index is 1.70. The van der Waals surface area contributed by atoms with Gasteiger partial charge in [-0.1, -0.05) is 29.8 Å². The Morgan fingerprint density at radius 1 is 1.47 bits per heavy atom. The van der Waals surface area contributed by atoms with Crippen LogP contribution in [0.5, 0.6) is 0 Å². The number of amides is 1. The Bertz CT molecular complexity index is 700. The third-order valence-electron chi connectivity index (χ3n) is 2.86. The smallest absolute Gasteiger partial charge is 0.271 e. The van der Waals surface area contributed by atoms with Crippen molar-refractivity contribution < 1.29 is 4.79 Å². The highest BCUT2D eigenvalue weighted by molar-refractivity contribution is 7.15. The van der Waals surface area contributed by atoms with E-state index in [1.807, 2.05) is 41.1 Å². The molecule has 0 aliphatic carbocycles. The van der Waals surface area contributed by atoms with Crippen LogP contribution in [0.4, 0.5) is 0 Å². The van der Waals surface area contributed by atoms with Gasteiger partial charge in [-0.25, -0.2) is 4.98 Å². The number of carbonyl (C=O) groups is 1. The van der Waals surface area contributed by atoms with Gasteiger partial charge >= 0.3 is 0 Å². The summed E-state index contributed by atoms with van der Waals surface area (Å²) in [6, 6.07) is 8.09. The van der Waals surface area contributed by atoms with Gasteiger partial charge in [-0.2, -0.15) is 0 Å². The van der Waals surface area contributed by atoms with Crippen molar-refractivity contribution in [2.75, 3.05) is 0 Å². The highest BCUT2D eigenvalue weighted by atomic mass is 32.1. The number of carbonyl (C=O) groups excluding carboxylic acids is 1. The molecule has 0 aliphatic heterocycles. The van der Waals surface area contributed by atoms with Gasteiger partial charge in [-0.05, 0) is 12.5 Å². The number of fused-ring (bicyclic) bond motifs is 1. The normalized spacial score (nSPS) is 10.8. The lowest BCUT2D eigenvalue weighted by Crippen LogP contribution is -2.23. The zero-order valence-electron chi connectivity index (χ0n) is 10.5. The molecule has 1 N–H and O–H groups in total. The lowest BCUT2D eigenvalue weighted by atomic mass is 10.1. The first-order valence-electron chi connectivity index (χ1n) is 5.98. The van der Waals surface area contributed by atoms with E-state index in [0.29, 0.717) is 12.2 Å². The number of benzene rings is 1. The second kappa shape index (κ2) is 4.85. The summed E-state index contributed by atoms with van der Waals surface area (Å²) in [5, 5.41) is 4.82. The number of nitrogens with zero attached hydrogens (tertiary/aromatic N) is 2. The molecule has 2 aromatic heterocycles. The van der Waals surface area contributed by atoms with Gasteiger partial charge in [0.1, 0.15) is 5.69 Å². The van der Waals surface area contributed by atoms with E-state index in [1.54, 1.807) is 6.20 Å². The summed E-state index contributed by atoms with van der Waals surface area (Å²) in [6.07, 6.45) is 3.64. The van der Waals surface area contributed by atoms with Crippen LogP contribution in [0.15, 0.2) is 42.0 Å². The summed E-state index contributed by atoms with van der Waals surface area (Å²) in [5.41, 5.74) is 2.74. The highest BCUT2D eigenvalue weighted by Crippen LogP contribution is 2.11. The molecule has 3 aromatic rings. The average molecular weight is 271 g/mol. The van der Waals surface area contributed by atoms with Crippen LogP contribution < -0.4 is 5.32 Å². The molecule has 4 nitrogen and oxygen atoms in total. The molecular weight excluding hydrogens is 258 g/mol. The number of rotatable bonds is 3. The zero-order chi connectivity index (χ0) is 13.2. The van der Waals surface area contributed by atoms with Gasteiger partial charge < -0.3 is 5.32 Å². The van der Waals surface area contributed by atoms with Gasteiger partial charge in [0.25, 0.3) is 5.91 Å². The van der Waals surface area contributed by atoms with Gasteiger partial charge in [0.2, 0.25) is 0 Å². The lowest BCUT2D eigenvalue weighted by molar-refractivity contribution is 0.0946. The molecule has 0 unspecified atom stereocenters. The largest absolute Gasteiger partial charge is 0.347 e. The molecule has 1 aromatic carbocycles. The Hall–Kier alpha value is -2.14.